The van der Waals surface area contributed by atoms with Crippen molar-refractivity contribution in [2.75, 3.05) is 26.4 Å². The first-order valence-corrected chi connectivity index (χ1v) is 26.2. The topological polar surface area (TPSA) is 54.0 Å². The van der Waals surface area contributed by atoms with E-state index in [9.17, 15) is 4.79 Å². The largest absolute Gasteiger partial charge is 0.463 e. The molecular formula is C55H108O5. The van der Waals surface area contributed by atoms with Crippen LogP contribution in [0.3, 0.4) is 0 Å². The molecule has 1 atom stereocenters. The van der Waals surface area contributed by atoms with Gasteiger partial charge in [0, 0.05) is 12.0 Å². The van der Waals surface area contributed by atoms with Gasteiger partial charge in [0.25, 0.3) is 5.97 Å². The molecule has 0 N–H and O–H groups in total. The van der Waals surface area contributed by atoms with Crippen molar-refractivity contribution in [3.8, 4) is 0 Å². The molecule has 0 heterocycles. The van der Waals surface area contributed by atoms with Crippen molar-refractivity contribution in [1.29, 1.82) is 0 Å². The molecule has 0 spiro atoms. The van der Waals surface area contributed by atoms with Crippen molar-refractivity contribution < 1.29 is 23.7 Å². The van der Waals surface area contributed by atoms with Crippen LogP contribution in [0, 0.1) is 22.2 Å². The van der Waals surface area contributed by atoms with E-state index in [0.717, 1.165) is 44.9 Å². The Bertz CT molecular complexity index is 870. The van der Waals surface area contributed by atoms with Crippen LogP contribution in [-0.2, 0) is 23.7 Å². The zero-order valence-corrected chi connectivity index (χ0v) is 42.6. The third kappa shape index (κ3) is 39.9. The Balaban J connectivity index is 5.76. The molecule has 0 aromatic rings. The van der Waals surface area contributed by atoms with E-state index < -0.39 is 5.97 Å². The molecule has 0 saturated carbocycles. The van der Waals surface area contributed by atoms with E-state index in [1.165, 1.54) is 173 Å². The van der Waals surface area contributed by atoms with Gasteiger partial charge >= 0.3 is 5.97 Å². The van der Waals surface area contributed by atoms with E-state index in [2.05, 4.69) is 75.8 Å². The summed E-state index contributed by atoms with van der Waals surface area (Å²) in [6.45, 7) is 29.4. The van der Waals surface area contributed by atoms with E-state index in [0.29, 0.717) is 42.7 Å². The Morgan fingerprint density at radius 2 is 0.717 bits per heavy atom. The molecular weight excluding hydrogens is 741 g/mol. The van der Waals surface area contributed by atoms with Gasteiger partial charge in [-0.15, -0.1) is 0 Å². The lowest BCUT2D eigenvalue weighted by molar-refractivity contribution is -0.407. The van der Waals surface area contributed by atoms with Gasteiger partial charge in [-0.1, -0.05) is 230 Å². The van der Waals surface area contributed by atoms with Gasteiger partial charge in [0.15, 0.2) is 0 Å². The van der Waals surface area contributed by atoms with Crippen molar-refractivity contribution >= 4 is 5.97 Å². The molecule has 0 saturated heterocycles. The molecule has 5 heteroatoms. The summed E-state index contributed by atoms with van der Waals surface area (Å²) in [6.07, 6.45) is 41.7. The van der Waals surface area contributed by atoms with Gasteiger partial charge in [-0.3, -0.25) is 0 Å². The summed E-state index contributed by atoms with van der Waals surface area (Å²) in [5.41, 5.74) is 1.32. The van der Waals surface area contributed by atoms with Crippen molar-refractivity contribution in [3.05, 3.63) is 12.7 Å². The highest BCUT2D eigenvalue weighted by Crippen LogP contribution is 2.36. The lowest BCUT2D eigenvalue weighted by Crippen LogP contribution is -2.47. The molecule has 0 aromatic heterocycles. The van der Waals surface area contributed by atoms with Crippen molar-refractivity contribution in [1.82, 2.24) is 0 Å². The van der Waals surface area contributed by atoms with Gasteiger partial charge < -0.3 is 18.9 Å². The predicted octanol–water partition coefficient (Wildman–Crippen LogP) is 18.1. The van der Waals surface area contributed by atoms with Crippen LogP contribution in [-0.4, -0.2) is 38.4 Å². The average molecular weight is 849 g/mol. The summed E-state index contributed by atoms with van der Waals surface area (Å²) in [6, 6.07) is 0. The van der Waals surface area contributed by atoms with Gasteiger partial charge in [0.2, 0.25) is 0 Å². The maximum Gasteiger partial charge on any atom is 0.330 e. The first-order valence-electron chi connectivity index (χ1n) is 26.2. The predicted molar refractivity (Wildman–Crippen MR) is 262 cm³/mol. The van der Waals surface area contributed by atoms with Gasteiger partial charge in [0.1, 0.15) is 0 Å². The fourth-order valence-electron chi connectivity index (χ4n) is 8.28. The Morgan fingerprint density at radius 1 is 0.417 bits per heavy atom. The molecule has 0 aliphatic heterocycles. The van der Waals surface area contributed by atoms with Crippen LogP contribution in [0.1, 0.15) is 281 Å². The van der Waals surface area contributed by atoms with Crippen molar-refractivity contribution in [3.63, 3.8) is 0 Å². The molecule has 0 rings (SSSR count). The Morgan fingerprint density at radius 3 is 1.05 bits per heavy atom. The zero-order chi connectivity index (χ0) is 44.9. The molecule has 1 unspecified atom stereocenters. The second-order valence-electron chi connectivity index (χ2n) is 22.3. The number of carbonyl (C=O) groups is 1. The molecule has 0 radical (unpaired) electrons. The number of rotatable bonds is 43. The number of hydrogen-bond acceptors (Lipinski definition) is 5. The Kier molecular flexibility index (Phi) is 36.9. The van der Waals surface area contributed by atoms with Crippen LogP contribution in [0.15, 0.2) is 12.7 Å². The lowest BCUT2D eigenvalue weighted by Gasteiger charge is -2.40. The SMILES string of the molecule is C=CC(=O)OCCCC(CCCCCCCC)C(OCCCCCCCCCC(C)(C)C)(OCCCCCCCCCC(C)(C)C)OCCCCCCCCCC(C)(C)C. The summed E-state index contributed by atoms with van der Waals surface area (Å²) in [7, 11) is 0. The van der Waals surface area contributed by atoms with Gasteiger partial charge in [-0.25, -0.2) is 4.79 Å². The van der Waals surface area contributed by atoms with Crippen LogP contribution >= 0.6 is 0 Å². The Hall–Kier alpha value is -0.910. The van der Waals surface area contributed by atoms with E-state index in [-0.39, 0.29) is 11.9 Å². The van der Waals surface area contributed by atoms with Crippen LogP contribution in [0.5, 0.6) is 0 Å². The highest BCUT2D eigenvalue weighted by atomic mass is 16.9. The number of esters is 1. The first-order chi connectivity index (χ1) is 28.5. The molecule has 0 amide bonds. The number of ether oxygens (including phenoxy) is 4. The second-order valence-corrected chi connectivity index (χ2v) is 22.3. The van der Waals surface area contributed by atoms with Crippen LogP contribution in [0.4, 0.5) is 0 Å². The number of unbranched alkanes of at least 4 members (excludes halogenated alkanes) is 23. The fraction of sp³-hybridized carbons (Fsp3) is 0.945. The molecule has 60 heavy (non-hydrogen) atoms. The summed E-state index contributed by atoms with van der Waals surface area (Å²) in [4.78, 5) is 12.0. The summed E-state index contributed by atoms with van der Waals surface area (Å²) >= 11 is 0. The zero-order valence-electron chi connectivity index (χ0n) is 42.6. The van der Waals surface area contributed by atoms with E-state index in [1.807, 2.05) is 0 Å². The minimum Gasteiger partial charge on any atom is -0.463 e. The maximum absolute atomic E-state index is 12.0. The highest BCUT2D eigenvalue weighted by Gasteiger charge is 2.42. The molecule has 0 aliphatic rings. The Labute approximate surface area is 376 Å². The molecule has 0 bridgehead atoms. The van der Waals surface area contributed by atoms with E-state index in [4.69, 9.17) is 18.9 Å². The molecule has 358 valence electrons. The standard InChI is InChI=1S/C55H108O5/c1-12-14-15-16-26-33-41-50(42-40-46-57-51(56)13-2)55(58-47-37-30-23-17-20-27-34-43-52(3,4)5,59-48-38-31-24-18-21-28-35-44-53(6,7)8)60-49-39-32-25-19-22-29-36-45-54(9,10)11/h13,50H,2,12,14-49H2,1,3-11H3. The van der Waals surface area contributed by atoms with E-state index >= 15 is 0 Å². The van der Waals surface area contributed by atoms with Crippen LogP contribution in [0.2, 0.25) is 0 Å². The van der Waals surface area contributed by atoms with Crippen LogP contribution < -0.4 is 0 Å². The second kappa shape index (κ2) is 37.5. The lowest BCUT2D eigenvalue weighted by atomic mass is 9.89. The smallest absolute Gasteiger partial charge is 0.330 e. The highest BCUT2D eigenvalue weighted by molar-refractivity contribution is 5.81. The minimum atomic E-state index is -1.06. The third-order valence-electron chi connectivity index (χ3n) is 12.1. The van der Waals surface area contributed by atoms with Crippen molar-refractivity contribution in [2.24, 2.45) is 22.2 Å². The number of carbonyl (C=O) groups excluding carboxylic acids is 1. The molecule has 0 aromatic carbocycles. The fourth-order valence-corrected chi connectivity index (χ4v) is 8.28. The van der Waals surface area contributed by atoms with E-state index in [1.54, 1.807) is 0 Å². The quantitative estimate of drug-likeness (QED) is 0.0265. The summed E-state index contributed by atoms with van der Waals surface area (Å²) < 4.78 is 26.5. The maximum atomic E-state index is 12.0. The van der Waals surface area contributed by atoms with Gasteiger partial charge in [0.05, 0.1) is 26.4 Å². The molecule has 0 aliphatic carbocycles. The first kappa shape index (κ1) is 59.1. The minimum absolute atomic E-state index is 0.0829. The third-order valence-corrected chi connectivity index (χ3v) is 12.1. The summed E-state index contributed by atoms with van der Waals surface area (Å²) in [5, 5.41) is 0. The van der Waals surface area contributed by atoms with Crippen molar-refractivity contribution in [2.45, 2.75) is 287 Å². The molecule has 5 nitrogen and oxygen atoms in total. The number of hydrogen-bond donors (Lipinski definition) is 0. The molecule has 0 fully saturated rings. The van der Waals surface area contributed by atoms with Gasteiger partial charge in [-0.05, 0) is 74.0 Å². The van der Waals surface area contributed by atoms with Crippen LogP contribution in [0.25, 0.3) is 0 Å². The van der Waals surface area contributed by atoms with Gasteiger partial charge in [-0.2, -0.15) is 0 Å². The monoisotopic (exact) mass is 849 g/mol. The summed E-state index contributed by atoms with van der Waals surface area (Å²) in [5.74, 6) is -1.33. The normalized spacial score (nSPS) is 13.2. The average Bonchev–Trinajstić information content (AvgIpc) is 3.17.